The van der Waals surface area contributed by atoms with Crippen LogP contribution in [0, 0.1) is 19.8 Å². The Morgan fingerprint density at radius 1 is 1.11 bits per heavy atom. The lowest BCUT2D eigenvalue weighted by Crippen LogP contribution is -2.45. The maximum absolute atomic E-state index is 12.9. The standard InChI is InChI=1S/C22H30N4O/c1-16-21(17(2)26(24-16)20-6-4-3-5-7-20)14-22(27)25-12-10-19(11-13-25)23-15-18-8-9-18/h3-7,18-19,23H,8-15H2,1-2H3. The van der Waals surface area contributed by atoms with Gasteiger partial charge in [0.15, 0.2) is 0 Å². The summed E-state index contributed by atoms with van der Waals surface area (Å²) in [6.07, 6.45) is 5.36. The average Bonchev–Trinajstić information content (AvgIpc) is 3.49. The van der Waals surface area contributed by atoms with Gasteiger partial charge in [-0.1, -0.05) is 18.2 Å². The summed E-state index contributed by atoms with van der Waals surface area (Å²) in [5.74, 6) is 1.14. The zero-order valence-electron chi connectivity index (χ0n) is 16.4. The van der Waals surface area contributed by atoms with Crippen LogP contribution in [0.4, 0.5) is 0 Å². The van der Waals surface area contributed by atoms with E-state index in [9.17, 15) is 4.79 Å². The minimum Gasteiger partial charge on any atom is -0.342 e. The molecule has 0 bridgehead atoms. The maximum atomic E-state index is 12.9. The number of nitrogens with one attached hydrogen (secondary N) is 1. The number of aromatic nitrogens is 2. The first-order valence-electron chi connectivity index (χ1n) is 10.2. The number of para-hydroxylation sites is 1. The molecule has 1 aromatic carbocycles. The number of carbonyl (C=O) groups excluding carboxylic acids is 1. The van der Waals surface area contributed by atoms with Gasteiger partial charge in [0, 0.05) is 30.4 Å². The number of carbonyl (C=O) groups is 1. The molecule has 2 aliphatic rings. The molecule has 2 heterocycles. The van der Waals surface area contributed by atoms with Crippen molar-refractivity contribution in [2.24, 2.45) is 5.92 Å². The first-order valence-corrected chi connectivity index (χ1v) is 10.2. The van der Waals surface area contributed by atoms with Crippen LogP contribution in [-0.4, -0.2) is 46.3 Å². The molecule has 2 aromatic rings. The molecule has 1 aliphatic carbocycles. The Morgan fingerprint density at radius 2 is 1.81 bits per heavy atom. The lowest BCUT2D eigenvalue weighted by Gasteiger charge is -2.32. The van der Waals surface area contributed by atoms with E-state index in [4.69, 9.17) is 0 Å². The summed E-state index contributed by atoms with van der Waals surface area (Å²) in [6.45, 7) is 6.96. The Morgan fingerprint density at radius 3 is 2.48 bits per heavy atom. The van der Waals surface area contributed by atoms with Gasteiger partial charge in [0.1, 0.15) is 0 Å². The molecule has 1 aromatic heterocycles. The Hall–Kier alpha value is -2.14. The highest BCUT2D eigenvalue weighted by Gasteiger charge is 2.27. The molecule has 0 radical (unpaired) electrons. The van der Waals surface area contributed by atoms with Crippen molar-refractivity contribution < 1.29 is 4.79 Å². The third kappa shape index (κ3) is 4.24. The molecule has 5 nitrogen and oxygen atoms in total. The van der Waals surface area contributed by atoms with Crippen LogP contribution in [0.3, 0.4) is 0 Å². The number of benzene rings is 1. The highest BCUT2D eigenvalue weighted by Crippen LogP contribution is 2.28. The van der Waals surface area contributed by atoms with E-state index < -0.39 is 0 Å². The van der Waals surface area contributed by atoms with Crippen LogP contribution in [0.1, 0.15) is 42.6 Å². The number of likely N-dealkylation sites (tertiary alicyclic amines) is 1. The predicted molar refractivity (Wildman–Crippen MR) is 107 cm³/mol. The van der Waals surface area contributed by atoms with Crippen LogP contribution in [0.25, 0.3) is 5.69 Å². The molecule has 2 fully saturated rings. The van der Waals surface area contributed by atoms with Crippen molar-refractivity contribution in [3.63, 3.8) is 0 Å². The Balaban J connectivity index is 1.36. The van der Waals surface area contributed by atoms with Gasteiger partial charge in [-0.15, -0.1) is 0 Å². The lowest BCUT2D eigenvalue weighted by atomic mass is 10.0. The first kappa shape index (κ1) is 18.2. The van der Waals surface area contributed by atoms with Gasteiger partial charge in [-0.05, 0) is 64.1 Å². The highest BCUT2D eigenvalue weighted by atomic mass is 16.2. The summed E-state index contributed by atoms with van der Waals surface area (Å²) < 4.78 is 1.95. The molecule has 5 heteroatoms. The second kappa shape index (κ2) is 7.85. The molecule has 4 rings (SSSR count). The SMILES string of the molecule is Cc1nn(-c2ccccc2)c(C)c1CC(=O)N1CCC(NCC2CC2)CC1. The molecule has 1 saturated carbocycles. The number of aryl methyl sites for hydroxylation is 1. The van der Waals surface area contributed by atoms with Crippen molar-refractivity contribution in [3.8, 4) is 5.69 Å². The summed E-state index contributed by atoms with van der Waals surface area (Å²) >= 11 is 0. The third-order valence-corrected chi connectivity index (χ3v) is 6.01. The van der Waals surface area contributed by atoms with Crippen molar-refractivity contribution in [3.05, 3.63) is 47.3 Å². The molecule has 1 saturated heterocycles. The quantitative estimate of drug-likeness (QED) is 0.855. The molecule has 27 heavy (non-hydrogen) atoms. The molecule has 144 valence electrons. The smallest absolute Gasteiger partial charge is 0.227 e. The number of nitrogens with zero attached hydrogens (tertiary/aromatic N) is 3. The van der Waals surface area contributed by atoms with Gasteiger partial charge in [-0.25, -0.2) is 4.68 Å². The van der Waals surface area contributed by atoms with Crippen LogP contribution in [-0.2, 0) is 11.2 Å². The van der Waals surface area contributed by atoms with Crippen molar-refractivity contribution in [1.29, 1.82) is 0 Å². The normalized spacial score (nSPS) is 18.1. The fourth-order valence-corrected chi connectivity index (χ4v) is 4.00. The van der Waals surface area contributed by atoms with Gasteiger partial charge < -0.3 is 10.2 Å². The number of rotatable bonds is 6. The number of hydrogen-bond acceptors (Lipinski definition) is 3. The highest BCUT2D eigenvalue weighted by molar-refractivity contribution is 5.79. The van der Waals surface area contributed by atoms with E-state index >= 15 is 0 Å². The van der Waals surface area contributed by atoms with Crippen molar-refractivity contribution >= 4 is 5.91 Å². The van der Waals surface area contributed by atoms with E-state index in [1.54, 1.807) is 0 Å². The van der Waals surface area contributed by atoms with Crippen LogP contribution in [0.2, 0.25) is 0 Å². The summed E-state index contributed by atoms with van der Waals surface area (Å²) in [5.41, 5.74) is 4.12. The predicted octanol–water partition coefficient (Wildman–Crippen LogP) is 3.02. The second-order valence-electron chi connectivity index (χ2n) is 8.08. The van der Waals surface area contributed by atoms with Crippen LogP contribution >= 0.6 is 0 Å². The number of amides is 1. The van der Waals surface area contributed by atoms with E-state index in [-0.39, 0.29) is 5.91 Å². The van der Waals surface area contributed by atoms with Crippen LogP contribution in [0.5, 0.6) is 0 Å². The minimum atomic E-state index is 0.231. The fraction of sp³-hybridized carbons (Fsp3) is 0.545. The van der Waals surface area contributed by atoms with Gasteiger partial charge in [0.05, 0.1) is 17.8 Å². The molecular formula is C22H30N4O. The Labute approximate surface area is 161 Å². The van der Waals surface area contributed by atoms with Gasteiger partial charge in [-0.3, -0.25) is 4.79 Å². The molecule has 0 spiro atoms. The summed E-state index contributed by atoms with van der Waals surface area (Å²) in [6, 6.07) is 10.7. The van der Waals surface area contributed by atoms with Crippen LogP contribution in [0.15, 0.2) is 30.3 Å². The average molecular weight is 367 g/mol. The third-order valence-electron chi connectivity index (χ3n) is 6.01. The van der Waals surface area contributed by atoms with Gasteiger partial charge in [0.25, 0.3) is 0 Å². The first-order chi connectivity index (χ1) is 13.1. The fourth-order valence-electron chi connectivity index (χ4n) is 4.00. The molecule has 0 atom stereocenters. The van der Waals surface area contributed by atoms with E-state index in [1.807, 2.05) is 46.8 Å². The van der Waals surface area contributed by atoms with Crippen molar-refractivity contribution in [1.82, 2.24) is 20.0 Å². The van der Waals surface area contributed by atoms with E-state index in [1.165, 1.54) is 12.8 Å². The largest absolute Gasteiger partial charge is 0.342 e. The van der Waals surface area contributed by atoms with Crippen LogP contribution < -0.4 is 5.32 Å². The Bertz CT molecular complexity index is 786. The zero-order valence-corrected chi connectivity index (χ0v) is 16.4. The topological polar surface area (TPSA) is 50.2 Å². The number of hydrogen-bond donors (Lipinski definition) is 1. The zero-order chi connectivity index (χ0) is 18.8. The van der Waals surface area contributed by atoms with E-state index in [0.717, 1.165) is 61.0 Å². The van der Waals surface area contributed by atoms with E-state index in [2.05, 4.69) is 17.3 Å². The van der Waals surface area contributed by atoms with Gasteiger partial charge >= 0.3 is 0 Å². The number of piperidine rings is 1. The molecule has 1 N–H and O–H groups in total. The second-order valence-corrected chi connectivity index (χ2v) is 8.08. The maximum Gasteiger partial charge on any atom is 0.227 e. The van der Waals surface area contributed by atoms with Gasteiger partial charge in [-0.2, -0.15) is 5.10 Å². The molecular weight excluding hydrogens is 336 g/mol. The summed E-state index contributed by atoms with van der Waals surface area (Å²) in [4.78, 5) is 14.9. The monoisotopic (exact) mass is 366 g/mol. The molecule has 0 unspecified atom stereocenters. The van der Waals surface area contributed by atoms with Crippen molar-refractivity contribution in [2.45, 2.75) is 52.0 Å². The molecule has 1 amide bonds. The molecule has 1 aliphatic heterocycles. The summed E-state index contributed by atoms with van der Waals surface area (Å²) in [7, 11) is 0. The van der Waals surface area contributed by atoms with E-state index in [0.29, 0.717) is 12.5 Å². The Kier molecular flexibility index (Phi) is 5.30. The minimum absolute atomic E-state index is 0.231. The lowest BCUT2D eigenvalue weighted by molar-refractivity contribution is -0.131. The van der Waals surface area contributed by atoms with Gasteiger partial charge in [0.2, 0.25) is 5.91 Å². The summed E-state index contributed by atoms with van der Waals surface area (Å²) in [5, 5.41) is 8.35. The van der Waals surface area contributed by atoms with Crippen molar-refractivity contribution in [2.75, 3.05) is 19.6 Å².